The van der Waals surface area contributed by atoms with Gasteiger partial charge in [-0.25, -0.2) is 0 Å². The van der Waals surface area contributed by atoms with Gasteiger partial charge in [0.2, 0.25) is 0 Å². The maximum Gasteiger partial charge on any atom is 0.256 e. The van der Waals surface area contributed by atoms with Crippen molar-refractivity contribution in [2.45, 2.75) is 4.90 Å². The van der Waals surface area contributed by atoms with Crippen molar-refractivity contribution < 1.29 is 4.79 Å². The fraction of sp³-hybridized carbons (Fsp3) is 0.0435. The van der Waals surface area contributed by atoms with Crippen molar-refractivity contribution in [1.82, 2.24) is 10.2 Å². The predicted octanol–water partition coefficient (Wildman–Crippen LogP) is 7.02. The molecule has 4 rings (SSSR count). The number of thioether (sulfide) groups is 1. The number of halogens is 2. The third-order valence-corrected chi connectivity index (χ3v) is 5.95. The van der Waals surface area contributed by atoms with E-state index in [0.717, 1.165) is 27.3 Å². The lowest BCUT2D eigenvalue weighted by Crippen LogP contribution is -2.13. The van der Waals surface area contributed by atoms with Crippen molar-refractivity contribution in [3.63, 3.8) is 0 Å². The third kappa shape index (κ3) is 4.38. The van der Waals surface area contributed by atoms with Crippen LogP contribution in [0.2, 0.25) is 10.0 Å². The second-order valence-corrected chi connectivity index (χ2v) is 8.26. The standard InChI is InChI=1S/C23H17Cl2N3OS/c1-30-17-7-8-18(19(13-17)14-2-4-15(24)5-3-14)23(29)27-16-6-9-21(25)20(12-16)22-10-11-26-28-22/h2-13H,1H3,(H,26,28)(H,27,29). The molecule has 1 aromatic heterocycles. The van der Waals surface area contributed by atoms with Crippen LogP contribution in [0, 0.1) is 0 Å². The maximum absolute atomic E-state index is 13.2. The molecule has 0 radical (unpaired) electrons. The summed E-state index contributed by atoms with van der Waals surface area (Å²) in [6.45, 7) is 0. The molecule has 150 valence electrons. The van der Waals surface area contributed by atoms with Gasteiger partial charge in [0.1, 0.15) is 0 Å². The molecule has 0 aliphatic rings. The molecule has 3 aromatic carbocycles. The van der Waals surface area contributed by atoms with Gasteiger partial charge in [-0.05, 0) is 72.0 Å². The number of benzene rings is 3. The molecular formula is C23H17Cl2N3OS. The van der Waals surface area contributed by atoms with Crippen LogP contribution in [0.4, 0.5) is 5.69 Å². The summed E-state index contributed by atoms with van der Waals surface area (Å²) in [4.78, 5) is 14.2. The van der Waals surface area contributed by atoms with Crippen molar-refractivity contribution in [2.24, 2.45) is 0 Å². The van der Waals surface area contributed by atoms with Crippen molar-refractivity contribution in [3.8, 4) is 22.4 Å². The van der Waals surface area contributed by atoms with Crippen LogP contribution in [-0.2, 0) is 0 Å². The minimum atomic E-state index is -0.203. The summed E-state index contributed by atoms with van der Waals surface area (Å²) in [5.41, 5.74) is 4.54. The number of hydrogen-bond acceptors (Lipinski definition) is 3. The molecule has 7 heteroatoms. The molecule has 0 unspecified atom stereocenters. The highest BCUT2D eigenvalue weighted by molar-refractivity contribution is 7.98. The van der Waals surface area contributed by atoms with Crippen LogP contribution in [0.25, 0.3) is 22.4 Å². The second kappa shape index (κ2) is 8.96. The number of H-pyrrole nitrogens is 1. The van der Waals surface area contributed by atoms with Gasteiger partial charge in [-0.15, -0.1) is 11.8 Å². The number of carbonyl (C=O) groups excluding carboxylic acids is 1. The zero-order valence-corrected chi connectivity index (χ0v) is 18.3. The Morgan fingerprint density at radius 3 is 2.47 bits per heavy atom. The van der Waals surface area contributed by atoms with Gasteiger partial charge in [-0.3, -0.25) is 9.89 Å². The van der Waals surface area contributed by atoms with Gasteiger partial charge in [0.05, 0.1) is 10.7 Å². The predicted molar refractivity (Wildman–Crippen MR) is 126 cm³/mol. The van der Waals surface area contributed by atoms with E-state index < -0.39 is 0 Å². The second-order valence-electron chi connectivity index (χ2n) is 6.54. The van der Waals surface area contributed by atoms with E-state index in [0.29, 0.717) is 21.3 Å². The van der Waals surface area contributed by atoms with Crippen LogP contribution < -0.4 is 5.32 Å². The summed E-state index contributed by atoms with van der Waals surface area (Å²) in [5.74, 6) is -0.203. The first-order valence-corrected chi connectivity index (χ1v) is 11.1. The summed E-state index contributed by atoms with van der Waals surface area (Å²) in [6.07, 6.45) is 3.66. The van der Waals surface area contributed by atoms with Crippen molar-refractivity contribution in [1.29, 1.82) is 0 Å². The van der Waals surface area contributed by atoms with E-state index in [4.69, 9.17) is 23.2 Å². The molecule has 0 saturated heterocycles. The fourth-order valence-corrected chi connectivity index (χ4v) is 3.92. The molecule has 0 fully saturated rings. The Bertz CT molecular complexity index is 1190. The van der Waals surface area contributed by atoms with Crippen molar-refractivity contribution in [2.75, 3.05) is 11.6 Å². The van der Waals surface area contributed by atoms with Gasteiger partial charge in [-0.1, -0.05) is 35.3 Å². The molecule has 4 nitrogen and oxygen atoms in total. The number of amides is 1. The number of hydrogen-bond donors (Lipinski definition) is 2. The summed E-state index contributed by atoms with van der Waals surface area (Å²) in [5, 5.41) is 11.1. The van der Waals surface area contributed by atoms with Gasteiger partial charge in [0.15, 0.2) is 0 Å². The molecule has 0 spiro atoms. The van der Waals surface area contributed by atoms with E-state index in [1.807, 2.05) is 60.9 Å². The largest absolute Gasteiger partial charge is 0.322 e. The third-order valence-electron chi connectivity index (χ3n) is 4.64. The molecule has 0 saturated carbocycles. The average molecular weight is 454 g/mol. The van der Waals surface area contributed by atoms with Gasteiger partial charge >= 0.3 is 0 Å². The van der Waals surface area contributed by atoms with Crippen molar-refractivity contribution in [3.05, 3.63) is 88.5 Å². The molecule has 4 aromatic rings. The highest BCUT2D eigenvalue weighted by atomic mass is 35.5. The van der Waals surface area contributed by atoms with Gasteiger partial charge < -0.3 is 5.32 Å². The Balaban J connectivity index is 1.69. The highest BCUT2D eigenvalue weighted by Crippen LogP contribution is 2.32. The average Bonchev–Trinajstić information content (AvgIpc) is 3.30. The molecule has 0 atom stereocenters. The first-order chi connectivity index (χ1) is 14.5. The topological polar surface area (TPSA) is 57.8 Å². The number of carbonyl (C=O) groups is 1. The van der Waals surface area contributed by atoms with Crippen LogP contribution in [0.15, 0.2) is 77.8 Å². The smallest absolute Gasteiger partial charge is 0.256 e. The molecule has 1 heterocycles. The monoisotopic (exact) mass is 453 g/mol. The summed E-state index contributed by atoms with van der Waals surface area (Å²) >= 11 is 14.0. The van der Waals surface area contributed by atoms with E-state index in [-0.39, 0.29) is 5.91 Å². The van der Waals surface area contributed by atoms with E-state index in [1.54, 1.807) is 30.1 Å². The maximum atomic E-state index is 13.2. The quantitative estimate of drug-likeness (QED) is 0.319. The minimum absolute atomic E-state index is 0.203. The van der Waals surface area contributed by atoms with Crippen LogP contribution in [0.1, 0.15) is 10.4 Å². The molecule has 0 aliphatic heterocycles. The Hall–Kier alpha value is -2.73. The molecule has 30 heavy (non-hydrogen) atoms. The Labute approximate surface area is 188 Å². The van der Waals surface area contributed by atoms with E-state index >= 15 is 0 Å². The minimum Gasteiger partial charge on any atom is -0.322 e. The van der Waals surface area contributed by atoms with Crippen molar-refractivity contribution >= 4 is 46.6 Å². The van der Waals surface area contributed by atoms with Crippen LogP contribution >= 0.6 is 35.0 Å². The SMILES string of the molecule is CSc1ccc(C(=O)Nc2ccc(Cl)c(-c3ccn[nH]3)c2)c(-c2ccc(Cl)cc2)c1. The van der Waals surface area contributed by atoms with Gasteiger partial charge in [-0.2, -0.15) is 5.10 Å². The summed E-state index contributed by atoms with van der Waals surface area (Å²) in [7, 11) is 0. The first kappa shape index (κ1) is 20.5. The van der Waals surface area contributed by atoms with Gasteiger partial charge in [0.25, 0.3) is 5.91 Å². The molecule has 0 bridgehead atoms. The lowest BCUT2D eigenvalue weighted by atomic mass is 9.99. The number of nitrogens with one attached hydrogen (secondary N) is 2. The zero-order valence-electron chi connectivity index (χ0n) is 15.9. The molecule has 0 aliphatic carbocycles. The molecule has 1 amide bonds. The van der Waals surface area contributed by atoms with E-state index in [1.165, 1.54) is 0 Å². The normalized spacial score (nSPS) is 10.8. The number of nitrogens with zero attached hydrogens (tertiary/aromatic N) is 1. The number of aromatic amines is 1. The van der Waals surface area contributed by atoms with Crippen LogP contribution in [0.5, 0.6) is 0 Å². The number of aromatic nitrogens is 2. The number of rotatable bonds is 5. The van der Waals surface area contributed by atoms with Gasteiger partial charge in [0, 0.05) is 32.9 Å². The first-order valence-electron chi connectivity index (χ1n) is 9.10. The molecule has 2 N–H and O–H groups in total. The van der Waals surface area contributed by atoms with E-state index in [2.05, 4.69) is 15.5 Å². The molecular weight excluding hydrogens is 437 g/mol. The number of anilines is 1. The Morgan fingerprint density at radius 2 is 1.77 bits per heavy atom. The van der Waals surface area contributed by atoms with Crippen LogP contribution in [0.3, 0.4) is 0 Å². The zero-order chi connectivity index (χ0) is 21.1. The summed E-state index contributed by atoms with van der Waals surface area (Å²) in [6, 6.07) is 20.4. The lowest BCUT2D eigenvalue weighted by Gasteiger charge is -2.13. The van der Waals surface area contributed by atoms with E-state index in [9.17, 15) is 4.79 Å². The fourth-order valence-electron chi connectivity index (χ4n) is 3.13. The summed E-state index contributed by atoms with van der Waals surface area (Å²) < 4.78 is 0. The Kier molecular flexibility index (Phi) is 6.13. The lowest BCUT2D eigenvalue weighted by molar-refractivity contribution is 0.102. The highest BCUT2D eigenvalue weighted by Gasteiger charge is 2.15. The van der Waals surface area contributed by atoms with Crippen LogP contribution in [-0.4, -0.2) is 22.4 Å². The Morgan fingerprint density at radius 1 is 0.967 bits per heavy atom.